The van der Waals surface area contributed by atoms with Crippen LogP contribution in [-0.4, -0.2) is 4.83 Å². The zero-order valence-corrected chi connectivity index (χ0v) is 13.4. The topological polar surface area (TPSA) is 0 Å². The van der Waals surface area contributed by atoms with E-state index in [-0.39, 0.29) is 0 Å². The van der Waals surface area contributed by atoms with E-state index in [9.17, 15) is 0 Å². The van der Waals surface area contributed by atoms with E-state index < -0.39 is 0 Å². The van der Waals surface area contributed by atoms with Gasteiger partial charge in [0.05, 0.1) is 0 Å². The van der Waals surface area contributed by atoms with Gasteiger partial charge in [-0.3, -0.25) is 0 Å². The standard InChI is InChI=1S/C17H25Br/c1-12(2)14-8-9-17(18)16(10-14)11-15-7-5-4-6-13(15)3/h4-7,12,14,16-17H,8-11H2,1-3H3. The fourth-order valence-corrected chi connectivity index (χ4v) is 3.87. The summed E-state index contributed by atoms with van der Waals surface area (Å²) in [4.78, 5) is 0.715. The quantitative estimate of drug-likeness (QED) is 0.658. The summed E-state index contributed by atoms with van der Waals surface area (Å²) in [5, 5.41) is 0. The van der Waals surface area contributed by atoms with Crippen LogP contribution >= 0.6 is 15.9 Å². The van der Waals surface area contributed by atoms with Crippen LogP contribution < -0.4 is 0 Å². The summed E-state index contributed by atoms with van der Waals surface area (Å²) in [6.07, 6.45) is 5.38. The number of aryl methyl sites for hydroxylation is 1. The third-order valence-corrected chi connectivity index (χ3v) is 5.82. The summed E-state index contributed by atoms with van der Waals surface area (Å²) in [7, 11) is 0. The van der Waals surface area contributed by atoms with E-state index in [0.717, 1.165) is 17.8 Å². The van der Waals surface area contributed by atoms with Gasteiger partial charge in [-0.25, -0.2) is 0 Å². The van der Waals surface area contributed by atoms with Gasteiger partial charge in [0.25, 0.3) is 0 Å². The lowest BCUT2D eigenvalue weighted by Crippen LogP contribution is -2.29. The fourth-order valence-electron chi connectivity index (χ4n) is 3.20. The minimum Gasteiger partial charge on any atom is -0.0888 e. The van der Waals surface area contributed by atoms with Crippen molar-refractivity contribution in [3.63, 3.8) is 0 Å². The molecule has 18 heavy (non-hydrogen) atoms. The maximum absolute atomic E-state index is 3.91. The Balaban J connectivity index is 2.05. The first-order chi connectivity index (χ1) is 8.58. The molecule has 0 N–H and O–H groups in total. The van der Waals surface area contributed by atoms with Gasteiger partial charge in [-0.15, -0.1) is 0 Å². The van der Waals surface area contributed by atoms with Crippen molar-refractivity contribution in [2.75, 3.05) is 0 Å². The first-order valence-electron chi connectivity index (χ1n) is 7.26. The third kappa shape index (κ3) is 3.38. The van der Waals surface area contributed by atoms with Crippen molar-refractivity contribution in [3.8, 4) is 0 Å². The molecule has 3 atom stereocenters. The van der Waals surface area contributed by atoms with E-state index in [1.54, 1.807) is 0 Å². The van der Waals surface area contributed by atoms with Gasteiger partial charge in [0, 0.05) is 4.83 Å². The number of halogens is 1. The van der Waals surface area contributed by atoms with Crippen molar-refractivity contribution >= 4 is 15.9 Å². The Hall–Kier alpha value is -0.300. The second-order valence-corrected chi connectivity index (χ2v) is 7.40. The van der Waals surface area contributed by atoms with Crippen LogP contribution in [0.15, 0.2) is 24.3 Å². The van der Waals surface area contributed by atoms with Crippen LogP contribution in [0.1, 0.15) is 44.2 Å². The summed E-state index contributed by atoms with van der Waals surface area (Å²) in [5.41, 5.74) is 2.99. The Morgan fingerprint density at radius 3 is 2.61 bits per heavy atom. The molecule has 0 radical (unpaired) electrons. The Bertz CT molecular complexity index is 383. The number of benzene rings is 1. The maximum atomic E-state index is 3.91. The van der Waals surface area contributed by atoms with E-state index in [1.807, 2.05) is 0 Å². The Kier molecular flexibility index (Phi) is 4.89. The molecule has 0 bridgehead atoms. The van der Waals surface area contributed by atoms with Crippen LogP contribution in [-0.2, 0) is 6.42 Å². The molecule has 1 heteroatoms. The van der Waals surface area contributed by atoms with E-state index in [4.69, 9.17) is 0 Å². The number of alkyl halides is 1. The van der Waals surface area contributed by atoms with Gasteiger partial charge in [0.15, 0.2) is 0 Å². The first kappa shape index (κ1) is 14.1. The average molecular weight is 309 g/mol. The molecule has 0 spiro atoms. The smallest absolute Gasteiger partial charge is 0.0177 e. The molecular formula is C17H25Br. The first-order valence-corrected chi connectivity index (χ1v) is 8.18. The van der Waals surface area contributed by atoms with Crippen molar-refractivity contribution in [3.05, 3.63) is 35.4 Å². The van der Waals surface area contributed by atoms with Gasteiger partial charge in [-0.05, 0) is 61.5 Å². The molecule has 1 aromatic carbocycles. The second kappa shape index (κ2) is 6.23. The van der Waals surface area contributed by atoms with Gasteiger partial charge in [0.2, 0.25) is 0 Å². The molecule has 1 fully saturated rings. The van der Waals surface area contributed by atoms with E-state index >= 15 is 0 Å². The van der Waals surface area contributed by atoms with Gasteiger partial charge in [0.1, 0.15) is 0 Å². The molecule has 0 heterocycles. The normalized spacial score (nSPS) is 28.6. The summed E-state index contributed by atoms with van der Waals surface area (Å²) in [6.45, 7) is 7.00. The molecule has 1 aromatic rings. The molecule has 0 aliphatic heterocycles. The van der Waals surface area contributed by atoms with Gasteiger partial charge >= 0.3 is 0 Å². The monoisotopic (exact) mass is 308 g/mol. The molecular weight excluding hydrogens is 284 g/mol. The summed E-state index contributed by atoms with van der Waals surface area (Å²) in [5.74, 6) is 2.57. The van der Waals surface area contributed by atoms with Crippen molar-refractivity contribution < 1.29 is 0 Å². The molecule has 0 nitrogen and oxygen atoms in total. The van der Waals surface area contributed by atoms with Crippen LogP contribution in [0.2, 0.25) is 0 Å². The molecule has 2 rings (SSSR count). The number of rotatable bonds is 3. The maximum Gasteiger partial charge on any atom is 0.0177 e. The Morgan fingerprint density at radius 1 is 1.22 bits per heavy atom. The highest BCUT2D eigenvalue weighted by molar-refractivity contribution is 9.09. The average Bonchev–Trinajstić information content (AvgIpc) is 2.34. The number of hydrogen-bond donors (Lipinski definition) is 0. The molecule has 1 aliphatic carbocycles. The molecule has 1 aliphatic rings. The zero-order valence-electron chi connectivity index (χ0n) is 11.8. The Labute approximate surface area is 120 Å². The molecule has 0 aromatic heterocycles. The lowest BCUT2D eigenvalue weighted by Gasteiger charge is -2.35. The van der Waals surface area contributed by atoms with Crippen LogP contribution in [0.4, 0.5) is 0 Å². The van der Waals surface area contributed by atoms with Gasteiger partial charge in [-0.1, -0.05) is 54.0 Å². The molecule has 100 valence electrons. The predicted molar refractivity (Wildman–Crippen MR) is 83.3 cm³/mol. The lowest BCUT2D eigenvalue weighted by atomic mass is 9.74. The summed E-state index contributed by atoms with van der Waals surface area (Å²) < 4.78 is 0. The van der Waals surface area contributed by atoms with Crippen LogP contribution in [0.3, 0.4) is 0 Å². The second-order valence-electron chi connectivity index (χ2n) is 6.22. The zero-order chi connectivity index (χ0) is 13.1. The number of hydrogen-bond acceptors (Lipinski definition) is 0. The van der Waals surface area contributed by atoms with Crippen LogP contribution in [0, 0.1) is 24.7 Å². The van der Waals surface area contributed by atoms with Crippen molar-refractivity contribution in [1.82, 2.24) is 0 Å². The van der Waals surface area contributed by atoms with Crippen molar-refractivity contribution in [2.45, 2.75) is 51.3 Å². The van der Waals surface area contributed by atoms with Crippen molar-refractivity contribution in [1.29, 1.82) is 0 Å². The minimum absolute atomic E-state index is 0.715. The highest BCUT2D eigenvalue weighted by Crippen LogP contribution is 2.39. The largest absolute Gasteiger partial charge is 0.0888 e. The van der Waals surface area contributed by atoms with Gasteiger partial charge in [-0.2, -0.15) is 0 Å². The molecule has 3 unspecified atom stereocenters. The fraction of sp³-hybridized carbons (Fsp3) is 0.647. The highest BCUT2D eigenvalue weighted by atomic mass is 79.9. The van der Waals surface area contributed by atoms with Crippen LogP contribution in [0.5, 0.6) is 0 Å². The molecule has 1 saturated carbocycles. The van der Waals surface area contributed by atoms with E-state index in [1.165, 1.54) is 36.8 Å². The predicted octanol–water partition coefficient (Wildman–Crippen LogP) is 5.37. The lowest BCUT2D eigenvalue weighted by molar-refractivity contribution is 0.222. The molecule has 0 saturated heterocycles. The van der Waals surface area contributed by atoms with Crippen molar-refractivity contribution in [2.24, 2.45) is 17.8 Å². The molecule has 0 amide bonds. The SMILES string of the molecule is Cc1ccccc1CC1CC(C(C)C)CCC1Br. The van der Waals surface area contributed by atoms with Crippen LogP contribution in [0.25, 0.3) is 0 Å². The Morgan fingerprint density at radius 2 is 1.94 bits per heavy atom. The van der Waals surface area contributed by atoms with E-state index in [0.29, 0.717) is 4.83 Å². The third-order valence-electron chi connectivity index (χ3n) is 4.62. The summed E-state index contributed by atoms with van der Waals surface area (Å²) in [6, 6.07) is 8.85. The minimum atomic E-state index is 0.715. The van der Waals surface area contributed by atoms with Gasteiger partial charge < -0.3 is 0 Å². The summed E-state index contributed by atoms with van der Waals surface area (Å²) >= 11 is 3.91. The van der Waals surface area contributed by atoms with E-state index in [2.05, 4.69) is 61.0 Å². The highest BCUT2D eigenvalue weighted by Gasteiger charge is 2.30.